The molecule has 2 aromatic rings. The zero-order chi connectivity index (χ0) is 16.3. The second-order valence-corrected chi connectivity index (χ2v) is 6.77. The van der Waals surface area contributed by atoms with Gasteiger partial charge in [0.1, 0.15) is 11.3 Å². The molecule has 0 saturated carbocycles. The van der Waals surface area contributed by atoms with Crippen LogP contribution in [0.5, 0.6) is 0 Å². The Labute approximate surface area is 149 Å². The highest BCUT2D eigenvalue weighted by atomic mass is 35.5. The molecule has 2 aliphatic rings. The Morgan fingerprint density at radius 2 is 1.91 bits per heavy atom. The van der Waals surface area contributed by atoms with Gasteiger partial charge in [-0.25, -0.2) is 4.98 Å². The lowest BCUT2D eigenvalue weighted by Gasteiger charge is -2.33. The van der Waals surface area contributed by atoms with Crippen LogP contribution in [0.2, 0.25) is 10.0 Å². The molecule has 0 amide bonds. The van der Waals surface area contributed by atoms with E-state index < -0.39 is 0 Å². The fraction of sp³-hybridized carbons (Fsp3) is 0.333. The lowest BCUT2D eigenvalue weighted by molar-refractivity contribution is 0.0757. The second kappa shape index (κ2) is 5.26. The van der Waals surface area contributed by atoms with Crippen LogP contribution in [0.4, 0.5) is 5.69 Å². The van der Waals surface area contributed by atoms with Crippen molar-refractivity contribution >= 4 is 57.3 Å². The lowest BCUT2D eigenvalue weighted by atomic mass is 10.2. The van der Waals surface area contributed by atoms with Crippen LogP contribution in [0, 0.1) is 6.92 Å². The van der Waals surface area contributed by atoms with Gasteiger partial charge in [0.25, 0.3) is 0 Å². The number of nitrogens with zero attached hydrogens (tertiary/aromatic N) is 4. The van der Waals surface area contributed by atoms with Crippen molar-refractivity contribution < 1.29 is 4.42 Å². The number of anilines is 1. The number of hydrazine groups is 1. The maximum absolute atomic E-state index is 6.48. The molecule has 4 rings (SSSR count). The fourth-order valence-electron chi connectivity index (χ4n) is 3.12. The van der Waals surface area contributed by atoms with E-state index >= 15 is 0 Å². The Bertz CT molecular complexity index is 826. The number of hydrogen-bond acceptors (Lipinski definition) is 4. The number of thiocarbonyl (C=S) groups is 1. The summed E-state index contributed by atoms with van der Waals surface area (Å²) in [4.78, 5) is 6.32. The third kappa shape index (κ3) is 2.12. The first-order valence-corrected chi connectivity index (χ1v) is 8.48. The molecule has 23 heavy (non-hydrogen) atoms. The number of oxazole rings is 1. The van der Waals surface area contributed by atoms with Crippen LogP contribution in [0.1, 0.15) is 18.7 Å². The largest absolute Gasteiger partial charge is 0.439 e. The Hall–Kier alpha value is -1.50. The maximum atomic E-state index is 6.48. The lowest BCUT2D eigenvalue weighted by Crippen LogP contribution is -2.42. The molecular weight excluding hydrogens is 355 g/mol. The van der Waals surface area contributed by atoms with Gasteiger partial charge in [0.05, 0.1) is 15.7 Å². The van der Waals surface area contributed by atoms with Gasteiger partial charge in [-0.1, -0.05) is 29.8 Å². The summed E-state index contributed by atoms with van der Waals surface area (Å²) in [5.74, 6) is 1.31. The molecule has 1 aromatic carbocycles. The van der Waals surface area contributed by atoms with E-state index in [0.717, 1.165) is 31.8 Å². The third-order valence-electron chi connectivity index (χ3n) is 4.13. The first kappa shape index (κ1) is 15.1. The van der Waals surface area contributed by atoms with Crippen LogP contribution in [-0.4, -0.2) is 33.2 Å². The van der Waals surface area contributed by atoms with Crippen molar-refractivity contribution in [3.63, 3.8) is 0 Å². The number of aryl methyl sites for hydroxylation is 1. The van der Waals surface area contributed by atoms with Crippen LogP contribution in [0.15, 0.2) is 22.9 Å². The normalized spacial score (nSPS) is 18.3. The summed E-state index contributed by atoms with van der Waals surface area (Å²) in [6.45, 7) is 7.74. The molecule has 2 aliphatic heterocycles. The number of benzene rings is 1. The molecule has 0 radical (unpaired) electrons. The molecule has 0 N–H and O–H groups in total. The molecule has 2 saturated heterocycles. The zero-order valence-electron chi connectivity index (χ0n) is 12.5. The summed E-state index contributed by atoms with van der Waals surface area (Å²) in [6.07, 6.45) is 2.21. The fourth-order valence-corrected chi connectivity index (χ4v) is 4.08. The van der Waals surface area contributed by atoms with Crippen molar-refractivity contribution in [2.75, 3.05) is 18.0 Å². The maximum Gasteiger partial charge on any atom is 0.201 e. The van der Waals surface area contributed by atoms with Crippen molar-refractivity contribution in [1.29, 1.82) is 0 Å². The summed E-state index contributed by atoms with van der Waals surface area (Å²) < 4.78 is 5.61. The van der Waals surface area contributed by atoms with Crippen molar-refractivity contribution in [3.8, 4) is 0 Å². The van der Waals surface area contributed by atoms with Gasteiger partial charge < -0.3 is 4.42 Å². The van der Waals surface area contributed by atoms with Gasteiger partial charge in [-0.05, 0) is 31.1 Å². The molecule has 8 heteroatoms. The number of aromatic nitrogens is 1. The molecule has 2 fully saturated rings. The molecule has 0 bridgehead atoms. The minimum absolute atomic E-state index is 0.433. The molecule has 1 aromatic heterocycles. The molecule has 0 unspecified atom stereocenters. The van der Waals surface area contributed by atoms with Crippen LogP contribution >= 0.6 is 35.4 Å². The predicted molar refractivity (Wildman–Crippen MR) is 95.6 cm³/mol. The van der Waals surface area contributed by atoms with Gasteiger partial charge in [-0.15, -0.1) is 0 Å². The van der Waals surface area contributed by atoms with E-state index in [1.54, 1.807) is 13.0 Å². The number of fused-ring (bicyclic) bond motifs is 2. The summed E-state index contributed by atoms with van der Waals surface area (Å²) >= 11 is 18.4. The van der Waals surface area contributed by atoms with Crippen LogP contribution in [0.3, 0.4) is 0 Å². The van der Waals surface area contributed by atoms with Gasteiger partial charge in [0, 0.05) is 20.0 Å². The van der Waals surface area contributed by atoms with Crippen molar-refractivity contribution in [3.05, 3.63) is 34.4 Å². The number of halogens is 2. The molecular formula is C15H14Cl2N4OS. The Morgan fingerprint density at radius 3 is 2.61 bits per heavy atom. The summed E-state index contributed by atoms with van der Waals surface area (Å²) in [5.41, 5.74) is 1.79. The molecule has 3 heterocycles. The van der Waals surface area contributed by atoms with Crippen LogP contribution in [0.25, 0.3) is 11.1 Å². The van der Waals surface area contributed by atoms with Crippen LogP contribution in [-0.2, 0) is 0 Å². The van der Waals surface area contributed by atoms with Gasteiger partial charge in [-0.2, -0.15) is 0 Å². The minimum atomic E-state index is 0.433. The van der Waals surface area contributed by atoms with E-state index in [9.17, 15) is 0 Å². The predicted octanol–water partition coefficient (Wildman–Crippen LogP) is 4.33. The summed E-state index contributed by atoms with van der Waals surface area (Å²) in [5, 5.41) is 5.71. The summed E-state index contributed by atoms with van der Waals surface area (Å²) in [6, 6.07) is 1.66. The van der Waals surface area contributed by atoms with E-state index in [1.165, 1.54) is 0 Å². The topological polar surface area (TPSA) is 35.8 Å². The smallest absolute Gasteiger partial charge is 0.201 e. The van der Waals surface area contributed by atoms with E-state index in [-0.39, 0.29) is 0 Å². The minimum Gasteiger partial charge on any atom is -0.439 e. The zero-order valence-corrected chi connectivity index (χ0v) is 14.8. The van der Waals surface area contributed by atoms with E-state index in [0.29, 0.717) is 37.8 Å². The van der Waals surface area contributed by atoms with Crippen LogP contribution < -0.4 is 4.90 Å². The summed E-state index contributed by atoms with van der Waals surface area (Å²) in [7, 11) is 0. The van der Waals surface area contributed by atoms with Crippen molar-refractivity contribution in [1.82, 2.24) is 15.0 Å². The van der Waals surface area contributed by atoms with Gasteiger partial charge >= 0.3 is 0 Å². The molecule has 0 spiro atoms. The highest BCUT2D eigenvalue weighted by Gasteiger charge is 2.40. The van der Waals surface area contributed by atoms with Gasteiger partial charge in [0.15, 0.2) is 11.5 Å². The van der Waals surface area contributed by atoms with E-state index in [2.05, 4.69) is 21.6 Å². The highest BCUT2D eigenvalue weighted by molar-refractivity contribution is 7.80. The monoisotopic (exact) mass is 368 g/mol. The van der Waals surface area contributed by atoms with E-state index in [4.69, 9.17) is 39.8 Å². The van der Waals surface area contributed by atoms with E-state index in [1.807, 2.05) is 4.90 Å². The number of rotatable bonds is 1. The second-order valence-electron chi connectivity index (χ2n) is 5.59. The third-order valence-corrected chi connectivity index (χ3v) is 5.09. The molecule has 5 nitrogen and oxygen atoms in total. The number of hydrogen-bond donors (Lipinski definition) is 0. The van der Waals surface area contributed by atoms with Gasteiger partial charge in [0.2, 0.25) is 5.11 Å². The average Bonchev–Trinajstić information content (AvgIpc) is 3.02. The Balaban J connectivity index is 1.92. The standard InChI is InChI=1S/C15H14Cl2N4OS/c1-8-18-12-13(10(16)7-11(17)14(12)22-8)21-9(2)19-5-3-4-6-20(19)15(21)23/h7H,2-6H2,1H3. The first-order valence-electron chi connectivity index (χ1n) is 7.32. The quantitative estimate of drug-likeness (QED) is 0.697. The highest BCUT2D eigenvalue weighted by Crippen LogP contribution is 2.43. The van der Waals surface area contributed by atoms with Crippen molar-refractivity contribution in [2.45, 2.75) is 19.8 Å². The average molecular weight is 369 g/mol. The first-order chi connectivity index (χ1) is 11.0. The van der Waals surface area contributed by atoms with Gasteiger partial charge in [-0.3, -0.25) is 14.9 Å². The Morgan fingerprint density at radius 1 is 1.22 bits per heavy atom. The SMILES string of the molecule is C=C1N(c2c(Cl)cc(Cl)c3oc(C)nc23)C(=S)N2CCCCN12. The Kier molecular flexibility index (Phi) is 3.44. The molecule has 0 atom stereocenters. The molecule has 0 aliphatic carbocycles. The van der Waals surface area contributed by atoms with Crippen molar-refractivity contribution in [2.24, 2.45) is 0 Å². The molecule has 120 valence electrons.